The van der Waals surface area contributed by atoms with Crippen LogP contribution in [0.4, 0.5) is 0 Å². The minimum Gasteiger partial charge on any atom is -0.368 e. The Morgan fingerprint density at radius 1 is 1.59 bits per heavy atom. The van der Waals surface area contributed by atoms with Crippen LogP contribution in [0, 0.1) is 0 Å². The van der Waals surface area contributed by atoms with E-state index in [0.717, 1.165) is 18.3 Å². The lowest BCUT2D eigenvalue weighted by molar-refractivity contribution is -0.120. The third-order valence-electron chi connectivity index (χ3n) is 2.16. The summed E-state index contributed by atoms with van der Waals surface area (Å²) in [4.78, 5) is 22.8. The molecule has 0 aromatic carbocycles. The lowest BCUT2D eigenvalue weighted by Gasteiger charge is -2.20. The molecule has 0 saturated heterocycles. The van der Waals surface area contributed by atoms with E-state index in [0.29, 0.717) is 0 Å². The molecular weight excluding hydrogens is 290 g/mol. The molecule has 0 spiro atoms. The Balaban J connectivity index is 3.06. The summed E-state index contributed by atoms with van der Waals surface area (Å²) in [5.74, 6) is -1.84. The van der Waals surface area contributed by atoms with Gasteiger partial charge in [0.15, 0.2) is 15.5 Å². The van der Waals surface area contributed by atoms with Gasteiger partial charge in [0.2, 0.25) is 15.0 Å². The van der Waals surface area contributed by atoms with Crippen LogP contribution in [0.5, 0.6) is 0 Å². The summed E-state index contributed by atoms with van der Waals surface area (Å²) >= 11 is 0.932. The van der Waals surface area contributed by atoms with Crippen molar-refractivity contribution in [1.82, 2.24) is 10.2 Å². The Kier molecular flexibility index (Phi) is 3.84. The van der Waals surface area contributed by atoms with Crippen LogP contribution in [0.2, 0.25) is 0 Å². The molecule has 94 valence electrons. The quantitative estimate of drug-likeness (QED) is 0.599. The van der Waals surface area contributed by atoms with Gasteiger partial charge < -0.3 is 5.73 Å². The predicted octanol–water partition coefficient (Wildman–Crippen LogP) is -0.0765. The van der Waals surface area contributed by atoms with Crippen LogP contribution < -0.4 is 5.73 Å². The van der Waals surface area contributed by atoms with Crippen molar-refractivity contribution in [3.05, 3.63) is 10.5 Å². The van der Waals surface area contributed by atoms with Crippen LogP contribution in [0.15, 0.2) is 5.51 Å². The Hall–Kier alpha value is -1.06. The molecule has 0 aliphatic heterocycles. The van der Waals surface area contributed by atoms with Crippen LogP contribution in [0.3, 0.4) is 0 Å². The normalized spacial score (nSPS) is 15.2. The zero-order chi connectivity index (χ0) is 13.3. The second kappa shape index (κ2) is 4.67. The van der Waals surface area contributed by atoms with Crippen molar-refractivity contribution in [2.45, 2.75) is 18.1 Å². The van der Waals surface area contributed by atoms with Crippen molar-refractivity contribution in [2.24, 2.45) is 5.73 Å². The number of hydrogen-bond donors (Lipinski definition) is 1. The number of carbonyl (C=O) groups excluding carboxylic acids is 2. The van der Waals surface area contributed by atoms with E-state index < -0.39 is 31.9 Å². The average Bonchev–Trinajstić information content (AvgIpc) is 2.67. The third kappa shape index (κ3) is 2.79. The van der Waals surface area contributed by atoms with Gasteiger partial charge in [0.25, 0.3) is 0 Å². The van der Waals surface area contributed by atoms with Crippen molar-refractivity contribution in [3.8, 4) is 0 Å². The van der Waals surface area contributed by atoms with Gasteiger partial charge >= 0.3 is 0 Å². The van der Waals surface area contributed by atoms with Gasteiger partial charge in [-0.05, 0) is 6.92 Å². The van der Waals surface area contributed by atoms with E-state index in [-0.39, 0.29) is 5.01 Å². The van der Waals surface area contributed by atoms with Crippen LogP contribution in [-0.4, -0.2) is 35.1 Å². The maximum absolute atomic E-state index is 11.6. The summed E-state index contributed by atoms with van der Waals surface area (Å²) in [6, 6.07) is 0. The summed E-state index contributed by atoms with van der Waals surface area (Å²) in [6.07, 6.45) is -0.663. The molecule has 0 saturated carbocycles. The second-order valence-electron chi connectivity index (χ2n) is 3.38. The van der Waals surface area contributed by atoms with E-state index in [1.54, 1.807) is 0 Å². The van der Waals surface area contributed by atoms with Crippen LogP contribution in [-0.2, 0) is 13.8 Å². The van der Waals surface area contributed by atoms with E-state index in [1.807, 2.05) is 0 Å². The first-order valence-electron chi connectivity index (χ1n) is 4.22. The maximum atomic E-state index is 11.6. The van der Waals surface area contributed by atoms with Crippen molar-refractivity contribution >= 4 is 42.8 Å². The molecule has 0 aliphatic rings. The largest absolute Gasteiger partial charge is 0.368 e. The number of amides is 1. The third-order valence-corrected chi connectivity index (χ3v) is 5.33. The Morgan fingerprint density at radius 3 is 2.53 bits per heavy atom. The summed E-state index contributed by atoms with van der Waals surface area (Å²) in [5.41, 5.74) is 6.28. The molecule has 1 heterocycles. The highest BCUT2D eigenvalue weighted by Crippen LogP contribution is 2.27. The Bertz CT molecular complexity index is 541. The fourth-order valence-corrected chi connectivity index (χ4v) is 2.40. The highest BCUT2D eigenvalue weighted by atomic mass is 35.7. The number of hydrogen-bond acceptors (Lipinski definition) is 7. The van der Waals surface area contributed by atoms with Gasteiger partial charge in [0.1, 0.15) is 5.51 Å². The number of halogens is 1. The topological polar surface area (TPSA) is 120 Å². The molecular formula is C7H8ClN3O4S2. The van der Waals surface area contributed by atoms with Gasteiger partial charge in [-0.25, -0.2) is 8.42 Å². The highest BCUT2D eigenvalue weighted by molar-refractivity contribution is 8.15. The first kappa shape index (κ1) is 14.0. The molecule has 17 heavy (non-hydrogen) atoms. The first-order valence-corrected chi connectivity index (χ1v) is 7.41. The fourth-order valence-electron chi connectivity index (χ4n) is 0.970. The monoisotopic (exact) mass is 297 g/mol. The number of Topliss-reactive ketones (excluding diaryl/α,β-unsaturated/α-hetero) is 1. The molecule has 0 aliphatic carbocycles. The molecule has 0 radical (unpaired) electrons. The van der Waals surface area contributed by atoms with Gasteiger partial charge in [0, 0.05) is 17.1 Å². The second-order valence-corrected chi connectivity index (χ2v) is 7.21. The van der Waals surface area contributed by atoms with Crippen LogP contribution >= 0.6 is 22.0 Å². The molecule has 1 atom stereocenters. The lowest BCUT2D eigenvalue weighted by atomic mass is 10.0. The smallest absolute Gasteiger partial charge is 0.247 e. The fraction of sp³-hybridized carbons (Fsp3) is 0.429. The van der Waals surface area contributed by atoms with Crippen LogP contribution in [0.25, 0.3) is 0 Å². The van der Waals surface area contributed by atoms with Crippen molar-refractivity contribution in [1.29, 1.82) is 0 Å². The average molecular weight is 298 g/mol. The number of rotatable bonds is 5. The van der Waals surface area contributed by atoms with E-state index in [9.17, 15) is 18.0 Å². The van der Waals surface area contributed by atoms with Gasteiger partial charge in [-0.1, -0.05) is 11.3 Å². The molecule has 1 unspecified atom stereocenters. The Labute approximate surface area is 105 Å². The lowest BCUT2D eigenvalue weighted by Crippen LogP contribution is -2.47. The van der Waals surface area contributed by atoms with Crippen molar-refractivity contribution < 1.29 is 18.0 Å². The molecule has 1 rings (SSSR count). The predicted molar refractivity (Wildman–Crippen MR) is 61.2 cm³/mol. The molecule has 7 nitrogen and oxygen atoms in total. The zero-order valence-electron chi connectivity index (χ0n) is 8.58. The van der Waals surface area contributed by atoms with Crippen molar-refractivity contribution in [3.63, 3.8) is 0 Å². The van der Waals surface area contributed by atoms with E-state index in [2.05, 4.69) is 10.2 Å². The number of nitrogens with zero attached hydrogens (tertiary/aromatic N) is 2. The molecule has 2 N–H and O–H groups in total. The molecule has 0 bridgehead atoms. The van der Waals surface area contributed by atoms with E-state index in [4.69, 9.17) is 16.4 Å². The molecule has 1 aromatic rings. The number of ketones is 1. The van der Waals surface area contributed by atoms with Gasteiger partial charge in [-0.3, -0.25) is 9.59 Å². The highest BCUT2D eigenvalue weighted by Gasteiger charge is 2.46. The minimum absolute atomic E-state index is 0.00204. The van der Waals surface area contributed by atoms with Gasteiger partial charge in [0.05, 0.1) is 0 Å². The molecule has 0 fully saturated rings. The first-order chi connectivity index (χ1) is 7.68. The summed E-state index contributed by atoms with van der Waals surface area (Å²) in [5, 5.41) is 6.90. The SMILES string of the molecule is CC(CC(=O)c1nncs1)(C(N)=O)S(=O)(=O)Cl. The molecule has 1 amide bonds. The number of primary amides is 1. The van der Waals surface area contributed by atoms with E-state index in [1.165, 1.54) is 5.51 Å². The minimum atomic E-state index is -4.32. The summed E-state index contributed by atoms with van der Waals surface area (Å²) < 4.78 is 20.4. The standard InChI is InChI=1S/C7H8ClN3O4S2/c1-7(6(9)13,17(8,14)15)2-4(12)5-11-10-3-16-5/h3H,2H2,1H3,(H2,9,13). The number of carbonyl (C=O) groups is 2. The molecule has 10 heteroatoms. The zero-order valence-corrected chi connectivity index (χ0v) is 11.0. The molecule has 1 aromatic heterocycles. The summed E-state index contributed by atoms with van der Waals surface area (Å²) in [6.45, 7) is 0.997. The van der Waals surface area contributed by atoms with Crippen LogP contribution in [0.1, 0.15) is 23.1 Å². The maximum Gasteiger partial charge on any atom is 0.247 e. The number of aromatic nitrogens is 2. The summed E-state index contributed by atoms with van der Waals surface area (Å²) in [7, 11) is 0.811. The number of nitrogens with two attached hydrogens (primary N) is 1. The van der Waals surface area contributed by atoms with Crippen molar-refractivity contribution in [2.75, 3.05) is 0 Å². The van der Waals surface area contributed by atoms with E-state index >= 15 is 0 Å². The van der Waals surface area contributed by atoms with Gasteiger partial charge in [-0.2, -0.15) is 0 Å². The van der Waals surface area contributed by atoms with Gasteiger partial charge in [-0.15, -0.1) is 10.2 Å². The Morgan fingerprint density at radius 2 is 2.18 bits per heavy atom.